The van der Waals surface area contributed by atoms with E-state index in [2.05, 4.69) is 77.8 Å². The molecular formula is C44H55NO6. The van der Waals surface area contributed by atoms with E-state index in [-0.39, 0.29) is 28.4 Å². The topological polar surface area (TPSA) is 109 Å². The zero-order valence-electron chi connectivity index (χ0n) is 31.8. The maximum absolute atomic E-state index is 14.9. The van der Waals surface area contributed by atoms with E-state index in [4.69, 9.17) is 4.74 Å². The lowest BCUT2D eigenvalue weighted by atomic mass is 9.40. The minimum Gasteiger partial charge on any atom is -0.478 e. The van der Waals surface area contributed by atoms with Crippen LogP contribution in [0.1, 0.15) is 139 Å². The minimum atomic E-state index is -0.915. The Morgan fingerprint density at radius 1 is 1.10 bits per heavy atom. The molecule has 2 aromatic rings. The quantitative estimate of drug-likeness (QED) is 0.165. The molecule has 1 aromatic carbocycles. The van der Waals surface area contributed by atoms with Crippen molar-refractivity contribution in [1.82, 2.24) is 4.57 Å². The first-order valence-electron chi connectivity index (χ1n) is 19.1. The van der Waals surface area contributed by atoms with Crippen molar-refractivity contribution in [3.63, 3.8) is 0 Å². The first-order valence-corrected chi connectivity index (χ1v) is 19.1. The Hall–Kier alpha value is -3.26. The Morgan fingerprint density at radius 2 is 1.80 bits per heavy atom. The van der Waals surface area contributed by atoms with Gasteiger partial charge < -0.3 is 24.6 Å². The number of ketones is 1. The Morgan fingerprint density at radius 3 is 2.45 bits per heavy atom. The van der Waals surface area contributed by atoms with Gasteiger partial charge in [0.25, 0.3) is 0 Å². The third-order valence-corrected chi connectivity index (χ3v) is 15.0. The average molecular weight is 694 g/mol. The van der Waals surface area contributed by atoms with Gasteiger partial charge in [-0.25, -0.2) is 4.79 Å². The van der Waals surface area contributed by atoms with Crippen LogP contribution < -0.4 is 0 Å². The molecule has 3 heterocycles. The molecule has 0 amide bonds. The van der Waals surface area contributed by atoms with Crippen molar-refractivity contribution in [3.8, 4) is 0 Å². The molecule has 3 N–H and O–H groups in total. The molecule has 4 aliphatic carbocycles. The van der Waals surface area contributed by atoms with Gasteiger partial charge in [0.1, 0.15) is 6.04 Å². The van der Waals surface area contributed by atoms with Gasteiger partial charge in [0.2, 0.25) is 0 Å². The summed E-state index contributed by atoms with van der Waals surface area (Å²) in [5.41, 5.74) is 5.90. The average Bonchev–Trinajstić information content (AvgIpc) is 3.70. The van der Waals surface area contributed by atoms with E-state index in [1.54, 1.807) is 6.08 Å². The number of carboxylic acids is 1. The number of rotatable bonds is 5. The zero-order chi connectivity index (χ0) is 37.0. The molecule has 272 valence electrons. The highest BCUT2D eigenvalue weighted by molar-refractivity contribution is 6.18. The molecule has 0 spiro atoms. The van der Waals surface area contributed by atoms with E-state index < -0.39 is 40.8 Å². The van der Waals surface area contributed by atoms with Crippen LogP contribution in [-0.2, 0) is 21.4 Å². The summed E-state index contributed by atoms with van der Waals surface area (Å²) in [7, 11) is 0. The van der Waals surface area contributed by atoms with Gasteiger partial charge in [-0.2, -0.15) is 0 Å². The molecule has 8 rings (SSSR count). The minimum absolute atomic E-state index is 0.0202. The van der Waals surface area contributed by atoms with E-state index in [9.17, 15) is 24.9 Å². The lowest BCUT2D eigenvalue weighted by molar-refractivity contribution is -0.144. The summed E-state index contributed by atoms with van der Waals surface area (Å²) in [6, 6.07) is 1.75. The molecule has 0 saturated heterocycles. The van der Waals surface area contributed by atoms with E-state index in [1.807, 2.05) is 19.9 Å². The molecule has 2 unspecified atom stereocenters. The van der Waals surface area contributed by atoms with Crippen molar-refractivity contribution in [2.45, 2.75) is 136 Å². The highest BCUT2D eigenvalue weighted by atomic mass is 16.5. The summed E-state index contributed by atoms with van der Waals surface area (Å²) in [5.74, 6) is -0.667. The molecule has 2 fully saturated rings. The summed E-state index contributed by atoms with van der Waals surface area (Å²) in [6.45, 7) is 23.4. The Labute approximate surface area is 302 Å². The number of Topliss-reactive ketones (excluding diaryl/α,β-unsaturated/α-hetero) is 1. The number of carbonyl (C=O) groups is 2. The van der Waals surface area contributed by atoms with Gasteiger partial charge in [-0.1, -0.05) is 58.1 Å². The van der Waals surface area contributed by atoms with Crippen molar-refractivity contribution in [1.29, 1.82) is 0 Å². The van der Waals surface area contributed by atoms with Crippen molar-refractivity contribution in [3.05, 3.63) is 76.0 Å². The number of aliphatic carboxylic acids is 1. The molecule has 2 saturated carbocycles. The number of fused-ring (bicyclic) bond motifs is 11. The molecule has 0 bridgehead atoms. The van der Waals surface area contributed by atoms with E-state index >= 15 is 0 Å². The number of benzene rings is 1. The SMILES string of the molecule is C=C(C)[C@H]1C(=O)c2c3c(cc4c5c(n1c24)[C@@]1(C)C(CC[C@H]2[C@](C)(/C=C/C=C(\CC)C(=O)O)[C@@H](O)CC[C@@]21C)C5)C1=CC(C)(C)OC(C)(C)C1[C@@H]3O. The lowest BCUT2D eigenvalue weighted by Crippen LogP contribution is -2.62. The number of aliphatic hydroxyl groups is 2. The largest absolute Gasteiger partial charge is 0.478 e. The Bertz CT molecular complexity index is 2040. The summed E-state index contributed by atoms with van der Waals surface area (Å²) in [4.78, 5) is 26.6. The van der Waals surface area contributed by atoms with Gasteiger partial charge in [-0.15, -0.1) is 0 Å². The smallest absolute Gasteiger partial charge is 0.331 e. The molecule has 7 nitrogen and oxygen atoms in total. The fourth-order valence-corrected chi connectivity index (χ4v) is 12.8. The van der Waals surface area contributed by atoms with Crippen molar-refractivity contribution >= 4 is 28.2 Å². The van der Waals surface area contributed by atoms with Crippen molar-refractivity contribution < 1.29 is 29.6 Å². The summed E-state index contributed by atoms with van der Waals surface area (Å²) in [6.07, 6.45) is 11.2. The zero-order valence-corrected chi connectivity index (χ0v) is 31.8. The molecule has 2 aliphatic heterocycles. The standard InChI is InChI=1S/C44H55NO6/c1-11-23(39(49)50)13-12-17-42(8)29-15-14-24-19-27-26-20-25-28-21-40(4,5)51-41(6,7)33(28)36(47)31(25)32-35(26)45(34(22(2)3)37(32)48)38(27)44(24,10)43(29,9)18-16-30(42)46/h12-13,17,20-21,24,29-30,33-34,36,46-47H,2,11,14-16,18-19H2,1,3-10H3,(H,49,50)/b17-12+,23-13+/t24?,29-,30-,33?,34-,36+,42-,43-,44+/m0/s1. The van der Waals surface area contributed by atoms with Crippen molar-refractivity contribution in [2.24, 2.45) is 28.6 Å². The van der Waals surface area contributed by atoms with Crippen LogP contribution in [0.2, 0.25) is 0 Å². The second-order valence-electron chi connectivity index (χ2n) is 18.5. The lowest BCUT2D eigenvalue weighted by Gasteiger charge is -2.64. The molecular weight excluding hydrogens is 638 g/mol. The van der Waals surface area contributed by atoms with Gasteiger partial charge in [0, 0.05) is 39.0 Å². The summed E-state index contributed by atoms with van der Waals surface area (Å²) in [5, 5.41) is 34.6. The van der Waals surface area contributed by atoms with Gasteiger partial charge >= 0.3 is 5.97 Å². The monoisotopic (exact) mass is 693 g/mol. The van der Waals surface area contributed by atoms with E-state index in [0.717, 1.165) is 58.9 Å². The fourth-order valence-electron chi connectivity index (χ4n) is 12.8. The van der Waals surface area contributed by atoms with Gasteiger partial charge in [-0.3, -0.25) is 4.79 Å². The first kappa shape index (κ1) is 34.8. The first-order chi connectivity index (χ1) is 23.7. The third-order valence-electron chi connectivity index (χ3n) is 15.0. The van der Waals surface area contributed by atoms with Crippen LogP contribution in [-0.4, -0.2) is 48.9 Å². The molecule has 7 heteroatoms. The molecule has 1 aromatic heterocycles. The summed E-state index contributed by atoms with van der Waals surface area (Å²) >= 11 is 0. The van der Waals surface area contributed by atoms with E-state index in [0.29, 0.717) is 29.9 Å². The molecule has 9 atom stereocenters. The second-order valence-corrected chi connectivity index (χ2v) is 18.5. The van der Waals surface area contributed by atoms with Crippen LogP contribution in [0.25, 0.3) is 16.5 Å². The van der Waals surface area contributed by atoms with Crippen LogP contribution in [0.15, 0.2) is 48.1 Å². The number of nitrogens with zero attached hydrogens (tertiary/aromatic N) is 1. The highest BCUT2D eigenvalue weighted by Gasteiger charge is 2.67. The number of hydrogen-bond donors (Lipinski definition) is 3. The maximum atomic E-state index is 14.9. The molecule has 51 heavy (non-hydrogen) atoms. The number of aromatic nitrogens is 1. The van der Waals surface area contributed by atoms with Gasteiger partial charge in [-0.05, 0) is 119 Å². The van der Waals surface area contributed by atoms with Crippen LogP contribution in [0, 0.1) is 28.6 Å². The fraction of sp³-hybridized carbons (Fsp3) is 0.591. The maximum Gasteiger partial charge on any atom is 0.331 e. The van der Waals surface area contributed by atoms with Crippen LogP contribution in [0.3, 0.4) is 0 Å². The van der Waals surface area contributed by atoms with Crippen LogP contribution in [0.4, 0.5) is 0 Å². The molecule has 6 aliphatic rings. The highest BCUT2D eigenvalue weighted by Crippen LogP contribution is 2.71. The number of carboxylic acid groups (broad SMARTS) is 1. The summed E-state index contributed by atoms with van der Waals surface area (Å²) < 4.78 is 8.87. The predicted molar refractivity (Wildman–Crippen MR) is 200 cm³/mol. The number of ether oxygens (including phenoxy) is 1. The number of aliphatic hydroxyl groups excluding tert-OH is 2. The normalized spacial score (nSPS) is 38.7. The van der Waals surface area contributed by atoms with Gasteiger partial charge in [0.15, 0.2) is 5.78 Å². The predicted octanol–water partition coefficient (Wildman–Crippen LogP) is 8.57. The molecule has 0 radical (unpaired) electrons. The van der Waals surface area contributed by atoms with Gasteiger partial charge in [0.05, 0.1) is 34.5 Å². The Balaban J connectivity index is 1.35. The number of allylic oxidation sites excluding steroid dienone is 3. The van der Waals surface area contributed by atoms with Crippen LogP contribution in [0.5, 0.6) is 0 Å². The number of carbonyl (C=O) groups excluding carboxylic acids is 1. The van der Waals surface area contributed by atoms with E-state index in [1.165, 1.54) is 11.3 Å². The van der Waals surface area contributed by atoms with Crippen molar-refractivity contribution in [2.75, 3.05) is 0 Å². The Kier molecular flexibility index (Phi) is 7.28. The third kappa shape index (κ3) is 4.23. The number of hydrogen-bond acceptors (Lipinski definition) is 5. The second kappa shape index (κ2) is 10.7. The van der Waals surface area contributed by atoms with Crippen LogP contribution >= 0.6 is 0 Å².